The lowest BCUT2D eigenvalue weighted by atomic mass is 9.97. The number of H-pyrrole nitrogens is 1. The van der Waals surface area contributed by atoms with E-state index in [0.29, 0.717) is 0 Å². The molecular weight excluding hydrogens is 272 g/mol. The molecule has 1 aliphatic rings. The van der Waals surface area contributed by atoms with Gasteiger partial charge in [-0.05, 0) is 37.8 Å². The topological polar surface area (TPSA) is 28.7 Å². The number of hydrogen-bond acceptors (Lipinski definition) is 3. The Balaban J connectivity index is 1.78. The Hall–Kier alpha value is -1.13. The first-order valence-corrected chi connectivity index (χ1v) is 8.01. The fourth-order valence-corrected chi connectivity index (χ4v) is 3.53. The molecule has 0 saturated heterocycles. The van der Waals surface area contributed by atoms with E-state index in [9.17, 15) is 0 Å². The Morgan fingerprint density at radius 3 is 2.79 bits per heavy atom. The second-order valence-corrected chi connectivity index (χ2v) is 6.19. The van der Waals surface area contributed by atoms with Crippen molar-refractivity contribution in [1.82, 2.24) is 9.97 Å². The molecule has 0 bridgehead atoms. The van der Waals surface area contributed by atoms with Gasteiger partial charge in [0.25, 0.3) is 0 Å². The molecule has 0 fully saturated rings. The Kier molecular flexibility index (Phi) is 3.99. The van der Waals surface area contributed by atoms with Crippen LogP contribution in [0.25, 0.3) is 0 Å². The number of benzene rings is 1. The molecule has 1 aromatic heterocycles. The van der Waals surface area contributed by atoms with Crippen LogP contribution in [0.4, 0.5) is 0 Å². The van der Waals surface area contributed by atoms with Gasteiger partial charge in [0.2, 0.25) is 0 Å². The molecular formula is C15H16N2S2. The molecule has 0 aliphatic heterocycles. The highest BCUT2D eigenvalue weighted by Crippen LogP contribution is 2.24. The van der Waals surface area contributed by atoms with Crippen LogP contribution < -0.4 is 0 Å². The fraction of sp³-hybridized carbons (Fsp3) is 0.333. The fourth-order valence-electron chi connectivity index (χ4n) is 2.41. The standard InChI is InChI=1S/C15H16N2S2/c18-15-12-8-4-5-9-13(12)16-14(17-15)10-19-11-6-2-1-3-7-11/h1-3,6-7H,4-5,8-10H2,(H,16,17,18). The predicted molar refractivity (Wildman–Crippen MR) is 82.1 cm³/mol. The Bertz CT molecular complexity index is 620. The molecule has 2 aromatic rings. The summed E-state index contributed by atoms with van der Waals surface area (Å²) in [7, 11) is 0. The van der Waals surface area contributed by atoms with E-state index in [4.69, 9.17) is 12.2 Å². The number of aromatic nitrogens is 2. The van der Waals surface area contributed by atoms with Crippen LogP contribution in [0, 0.1) is 4.64 Å². The molecule has 4 heteroatoms. The van der Waals surface area contributed by atoms with E-state index >= 15 is 0 Å². The molecule has 1 aliphatic carbocycles. The molecule has 0 unspecified atom stereocenters. The maximum atomic E-state index is 5.42. The first-order chi connectivity index (χ1) is 9.33. The Morgan fingerprint density at radius 2 is 1.95 bits per heavy atom. The molecule has 1 heterocycles. The van der Waals surface area contributed by atoms with Crippen LogP contribution in [0.2, 0.25) is 0 Å². The summed E-state index contributed by atoms with van der Waals surface area (Å²) in [5, 5.41) is 0. The van der Waals surface area contributed by atoms with Gasteiger partial charge in [-0.2, -0.15) is 0 Å². The molecule has 19 heavy (non-hydrogen) atoms. The minimum Gasteiger partial charge on any atom is -0.346 e. The molecule has 0 atom stereocenters. The van der Waals surface area contributed by atoms with Gasteiger partial charge in [0, 0.05) is 16.2 Å². The number of fused-ring (bicyclic) bond motifs is 1. The van der Waals surface area contributed by atoms with Crippen molar-refractivity contribution in [2.75, 3.05) is 0 Å². The largest absolute Gasteiger partial charge is 0.346 e. The third kappa shape index (κ3) is 3.07. The highest BCUT2D eigenvalue weighted by Gasteiger charge is 2.13. The van der Waals surface area contributed by atoms with Crippen molar-refractivity contribution in [3.05, 3.63) is 52.1 Å². The lowest BCUT2D eigenvalue weighted by molar-refractivity contribution is 0.655. The third-order valence-corrected chi connectivity index (χ3v) is 4.74. The zero-order valence-electron chi connectivity index (χ0n) is 10.7. The van der Waals surface area contributed by atoms with Crippen molar-refractivity contribution in [2.24, 2.45) is 0 Å². The van der Waals surface area contributed by atoms with Crippen molar-refractivity contribution >= 4 is 24.0 Å². The van der Waals surface area contributed by atoms with Crippen molar-refractivity contribution < 1.29 is 0 Å². The van der Waals surface area contributed by atoms with E-state index < -0.39 is 0 Å². The quantitative estimate of drug-likeness (QED) is 0.674. The van der Waals surface area contributed by atoms with Crippen LogP contribution >= 0.6 is 24.0 Å². The van der Waals surface area contributed by atoms with Crippen molar-refractivity contribution in [3.8, 4) is 0 Å². The summed E-state index contributed by atoms with van der Waals surface area (Å²) in [5.74, 6) is 1.85. The van der Waals surface area contributed by atoms with E-state index in [-0.39, 0.29) is 0 Å². The molecule has 1 N–H and O–H groups in total. The van der Waals surface area contributed by atoms with Crippen LogP contribution in [0.1, 0.15) is 29.9 Å². The number of hydrogen-bond donors (Lipinski definition) is 1. The first-order valence-electron chi connectivity index (χ1n) is 6.62. The zero-order valence-corrected chi connectivity index (χ0v) is 12.3. The summed E-state index contributed by atoms with van der Waals surface area (Å²) >= 11 is 7.21. The van der Waals surface area contributed by atoms with Crippen molar-refractivity contribution in [1.29, 1.82) is 0 Å². The van der Waals surface area contributed by atoms with Gasteiger partial charge in [0.1, 0.15) is 10.5 Å². The summed E-state index contributed by atoms with van der Waals surface area (Å²) in [4.78, 5) is 9.28. The van der Waals surface area contributed by atoms with E-state index in [1.54, 1.807) is 11.8 Å². The average Bonchev–Trinajstić information content (AvgIpc) is 2.46. The van der Waals surface area contributed by atoms with Gasteiger partial charge in [-0.3, -0.25) is 0 Å². The molecule has 0 saturated carbocycles. The van der Waals surface area contributed by atoms with Crippen LogP contribution in [0.5, 0.6) is 0 Å². The van der Waals surface area contributed by atoms with Gasteiger partial charge in [-0.15, -0.1) is 11.8 Å². The number of thioether (sulfide) groups is 1. The minimum absolute atomic E-state index is 0.803. The molecule has 0 amide bonds. The Morgan fingerprint density at radius 1 is 1.16 bits per heavy atom. The molecule has 98 valence electrons. The number of nitrogens with one attached hydrogen (secondary N) is 1. The number of rotatable bonds is 3. The second kappa shape index (κ2) is 5.88. The lowest BCUT2D eigenvalue weighted by Gasteiger charge is -2.16. The van der Waals surface area contributed by atoms with E-state index in [0.717, 1.165) is 29.1 Å². The Labute approximate surface area is 122 Å². The molecule has 3 rings (SSSR count). The zero-order chi connectivity index (χ0) is 13.1. The number of aryl methyl sites for hydroxylation is 1. The van der Waals surface area contributed by atoms with E-state index in [1.165, 1.54) is 29.0 Å². The monoisotopic (exact) mass is 288 g/mol. The van der Waals surface area contributed by atoms with Crippen LogP contribution in [0.15, 0.2) is 35.2 Å². The maximum absolute atomic E-state index is 5.42. The molecule has 2 nitrogen and oxygen atoms in total. The summed E-state index contributed by atoms with van der Waals surface area (Å²) in [6.45, 7) is 0. The highest BCUT2D eigenvalue weighted by molar-refractivity contribution is 7.98. The minimum atomic E-state index is 0.803. The van der Waals surface area contributed by atoms with Crippen molar-refractivity contribution in [2.45, 2.75) is 36.3 Å². The SMILES string of the molecule is S=c1nc(CSc2ccccc2)[nH]c2c1CCCC2. The first kappa shape index (κ1) is 12.9. The van der Waals surface area contributed by atoms with Gasteiger partial charge in [-0.25, -0.2) is 4.98 Å². The number of aromatic amines is 1. The predicted octanol–water partition coefficient (Wildman–Crippen LogP) is 4.31. The van der Waals surface area contributed by atoms with Gasteiger partial charge in [0.15, 0.2) is 0 Å². The lowest BCUT2D eigenvalue weighted by Crippen LogP contribution is -2.09. The van der Waals surface area contributed by atoms with E-state index in [1.807, 2.05) is 6.07 Å². The summed E-state index contributed by atoms with van der Waals surface area (Å²) < 4.78 is 0.803. The normalized spacial score (nSPS) is 14.1. The van der Waals surface area contributed by atoms with Gasteiger partial charge >= 0.3 is 0 Å². The highest BCUT2D eigenvalue weighted by atomic mass is 32.2. The van der Waals surface area contributed by atoms with Crippen LogP contribution in [0.3, 0.4) is 0 Å². The third-order valence-electron chi connectivity index (χ3n) is 3.38. The number of nitrogens with zero attached hydrogens (tertiary/aromatic N) is 1. The summed E-state index contributed by atoms with van der Waals surface area (Å²) in [6, 6.07) is 10.4. The van der Waals surface area contributed by atoms with Gasteiger partial charge < -0.3 is 4.98 Å². The van der Waals surface area contributed by atoms with E-state index in [2.05, 4.69) is 34.2 Å². The van der Waals surface area contributed by atoms with Gasteiger partial charge in [-0.1, -0.05) is 30.4 Å². The molecule has 0 spiro atoms. The smallest absolute Gasteiger partial charge is 0.133 e. The van der Waals surface area contributed by atoms with Crippen LogP contribution in [-0.2, 0) is 18.6 Å². The van der Waals surface area contributed by atoms with Gasteiger partial charge in [0.05, 0.1) is 5.75 Å². The molecule has 0 radical (unpaired) electrons. The second-order valence-electron chi connectivity index (χ2n) is 4.75. The summed E-state index contributed by atoms with van der Waals surface area (Å²) in [6.07, 6.45) is 4.70. The maximum Gasteiger partial charge on any atom is 0.133 e. The molecule has 1 aromatic carbocycles. The van der Waals surface area contributed by atoms with Crippen LogP contribution in [-0.4, -0.2) is 9.97 Å². The average molecular weight is 288 g/mol. The summed E-state index contributed by atoms with van der Waals surface area (Å²) in [5.41, 5.74) is 2.59. The van der Waals surface area contributed by atoms with Crippen molar-refractivity contribution in [3.63, 3.8) is 0 Å².